The number of hydrogen-bond donors (Lipinski definition) is 0. The van der Waals surface area contributed by atoms with Crippen molar-refractivity contribution < 1.29 is 32.2 Å². The number of ether oxygens (including phenoxy) is 2. The lowest BCUT2D eigenvalue weighted by atomic mass is 10.4. The fourth-order valence-corrected chi connectivity index (χ4v) is 0.491. The van der Waals surface area contributed by atoms with Gasteiger partial charge in [-0.15, -0.1) is 8.78 Å². The molecule has 0 bridgehead atoms. The Bertz CT molecular complexity index is 160. The lowest BCUT2D eigenvalue weighted by Gasteiger charge is -1.76. The molecule has 0 aliphatic carbocycles. The van der Waals surface area contributed by atoms with Crippen molar-refractivity contribution in [3.8, 4) is 0 Å². The van der Waals surface area contributed by atoms with Crippen LogP contribution >= 0.6 is 0 Å². The van der Waals surface area contributed by atoms with E-state index in [1.807, 2.05) is 0 Å². The van der Waals surface area contributed by atoms with E-state index in [0.717, 1.165) is 13.2 Å². The first-order valence-electron chi connectivity index (χ1n) is 4.19. The second-order valence-electron chi connectivity index (χ2n) is 2.27. The molecule has 0 aromatic heterocycles. The molecule has 4 nitrogen and oxygen atoms in total. The molecule has 0 saturated carbocycles. The lowest BCUT2D eigenvalue weighted by Crippen LogP contribution is -1.81. The van der Waals surface area contributed by atoms with Crippen LogP contribution < -0.4 is 0 Å². The summed E-state index contributed by atoms with van der Waals surface area (Å²) in [4.78, 5) is 17.5. The van der Waals surface area contributed by atoms with Crippen LogP contribution in [0.2, 0.25) is 0 Å². The predicted molar refractivity (Wildman–Crippen MR) is 45.4 cm³/mol. The zero-order valence-electron chi connectivity index (χ0n) is 8.30. The average molecular weight is 230 g/mol. The van der Waals surface area contributed by atoms with Crippen molar-refractivity contribution in [2.75, 3.05) is 20.0 Å². The van der Waals surface area contributed by atoms with Crippen molar-refractivity contribution in [1.29, 1.82) is 0 Å². The predicted octanol–water partition coefficient (Wildman–Crippen LogP) is 2.32. The molecular formula is C8H13F3O4. The molecule has 1 aliphatic heterocycles. The molecule has 7 heteroatoms. The first-order chi connectivity index (χ1) is 7.00. The Kier molecular flexibility index (Phi) is 14.3. The van der Waals surface area contributed by atoms with Crippen molar-refractivity contribution in [2.24, 2.45) is 0 Å². The molecule has 90 valence electrons. The van der Waals surface area contributed by atoms with Gasteiger partial charge in [0.1, 0.15) is 6.79 Å². The quantitative estimate of drug-likeness (QED) is 0.683. The van der Waals surface area contributed by atoms with Crippen LogP contribution in [0.3, 0.4) is 0 Å². The van der Waals surface area contributed by atoms with E-state index < -0.39 is 12.3 Å². The third-order valence-electron chi connectivity index (χ3n) is 0.985. The Morgan fingerprint density at radius 3 is 1.60 bits per heavy atom. The molecule has 0 amide bonds. The van der Waals surface area contributed by atoms with Gasteiger partial charge in [0.15, 0.2) is 0 Å². The van der Waals surface area contributed by atoms with Crippen LogP contribution in [0.1, 0.15) is 19.8 Å². The molecular weight excluding hydrogens is 217 g/mol. The monoisotopic (exact) mass is 230 g/mol. The highest BCUT2D eigenvalue weighted by Crippen LogP contribution is 1.87. The van der Waals surface area contributed by atoms with Gasteiger partial charge in [0, 0.05) is 6.42 Å². The maximum atomic E-state index is 11.1. The molecule has 1 fully saturated rings. The first-order valence-corrected chi connectivity index (χ1v) is 4.19. The normalized spacial score (nSPS) is 13.1. The number of halogens is 3. The van der Waals surface area contributed by atoms with Gasteiger partial charge >= 0.3 is 12.3 Å². The summed E-state index contributed by atoms with van der Waals surface area (Å²) in [5.41, 5.74) is 0. The highest BCUT2D eigenvalue weighted by molar-refractivity contribution is 5.67. The molecule has 0 N–H and O–H groups in total. The third-order valence-corrected chi connectivity index (χ3v) is 0.985. The number of hydrogen-bond acceptors (Lipinski definition) is 4. The molecule has 1 heterocycles. The minimum absolute atomic E-state index is 0.0694. The number of rotatable bonds is 2. The van der Waals surface area contributed by atoms with Crippen molar-refractivity contribution in [2.45, 2.75) is 19.8 Å². The van der Waals surface area contributed by atoms with E-state index in [1.54, 1.807) is 6.92 Å². The Morgan fingerprint density at radius 1 is 1.13 bits per heavy atom. The Labute approximate surface area is 85.3 Å². The molecule has 0 radical (unpaired) electrons. The van der Waals surface area contributed by atoms with Crippen LogP contribution in [-0.2, 0) is 14.3 Å². The Balaban J connectivity index is 0. The molecule has 1 aliphatic rings. The largest absolute Gasteiger partial charge is 0.483 e. The summed E-state index contributed by atoms with van der Waals surface area (Å²) < 4.78 is 39.9. The second-order valence-corrected chi connectivity index (χ2v) is 2.27. The van der Waals surface area contributed by atoms with Gasteiger partial charge in [0.2, 0.25) is 0 Å². The fourth-order valence-electron chi connectivity index (χ4n) is 0.491. The zero-order chi connectivity index (χ0) is 12.1. The molecule has 0 atom stereocenters. The smallest absolute Gasteiger partial charge is 0.353 e. The summed E-state index contributed by atoms with van der Waals surface area (Å²) in [6.45, 7) is 3.82. The molecule has 0 unspecified atom stereocenters. The highest BCUT2D eigenvalue weighted by Gasteiger charge is 1.93. The third kappa shape index (κ3) is 32.1. The van der Waals surface area contributed by atoms with Crippen LogP contribution in [-0.4, -0.2) is 32.3 Å². The van der Waals surface area contributed by atoms with Gasteiger partial charge in [-0.2, -0.15) is 4.39 Å². The van der Waals surface area contributed by atoms with Gasteiger partial charge in [-0.25, -0.2) is 4.79 Å². The van der Waals surface area contributed by atoms with Gasteiger partial charge in [0.05, 0.1) is 13.2 Å². The van der Waals surface area contributed by atoms with E-state index in [9.17, 15) is 18.0 Å². The Hall–Kier alpha value is -0.950. The van der Waals surface area contributed by atoms with E-state index in [1.165, 1.54) is 0 Å². The fraction of sp³-hybridized carbons (Fsp3) is 0.750. The van der Waals surface area contributed by atoms with Crippen LogP contribution in [0.5, 0.6) is 0 Å². The summed E-state index contributed by atoms with van der Waals surface area (Å²) in [6, 6.07) is -1.21. The summed E-state index contributed by atoms with van der Waals surface area (Å²) in [5, 5.41) is 0. The van der Waals surface area contributed by atoms with Crippen molar-refractivity contribution in [3.05, 3.63) is 0 Å². The summed E-state index contributed by atoms with van der Waals surface area (Å²) >= 11 is 0. The lowest BCUT2D eigenvalue weighted by molar-refractivity contribution is -0.129. The van der Waals surface area contributed by atoms with Gasteiger partial charge in [0.25, 0.3) is 0 Å². The highest BCUT2D eigenvalue weighted by atomic mass is 19.3. The van der Waals surface area contributed by atoms with Crippen LogP contribution in [0.15, 0.2) is 0 Å². The molecule has 0 aromatic carbocycles. The number of carbonyl (C=O) groups excluding carboxylic acids is 2. The van der Waals surface area contributed by atoms with Gasteiger partial charge in [-0.1, -0.05) is 6.92 Å². The van der Waals surface area contributed by atoms with E-state index in [4.69, 9.17) is 14.3 Å². The zero-order valence-corrected chi connectivity index (χ0v) is 8.30. The van der Waals surface area contributed by atoms with Gasteiger partial charge < -0.3 is 9.47 Å². The van der Waals surface area contributed by atoms with Crippen LogP contribution in [0.4, 0.5) is 18.0 Å². The van der Waals surface area contributed by atoms with Gasteiger partial charge in [-0.05, 0) is 6.42 Å². The topological polar surface area (TPSA) is 52.6 Å². The minimum Gasteiger partial charge on any atom is -0.353 e. The van der Waals surface area contributed by atoms with E-state index in [0.29, 0.717) is 13.2 Å². The molecule has 1 rings (SSSR count). The Morgan fingerprint density at radius 2 is 1.53 bits per heavy atom. The molecule has 0 spiro atoms. The SMILES string of the molecule is C1COCO1.CCCC(=O)F.O=C(F)F. The molecule has 15 heavy (non-hydrogen) atoms. The van der Waals surface area contributed by atoms with Gasteiger partial charge in [-0.3, -0.25) is 4.79 Å². The maximum Gasteiger partial charge on any atom is 0.483 e. The second kappa shape index (κ2) is 13.1. The standard InChI is InChI=1S/C4H7FO.C3H6O2.CF2O/c1-2-3-4(5)6;1-2-5-3-4-1;2-1(3)4/h2-3H2,1H3;1-3H2;. The van der Waals surface area contributed by atoms with Crippen molar-refractivity contribution in [3.63, 3.8) is 0 Å². The van der Waals surface area contributed by atoms with Crippen molar-refractivity contribution >= 4 is 12.3 Å². The van der Waals surface area contributed by atoms with Crippen LogP contribution in [0.25, 0.3) is 0 Å². The molecule has 0 aromatic rings. The first kappa shape index (κ1) is 16.5. The van der Waals surface area contributed by atoms with E-state index >= 15 is 0 Å². The summed E-state index contributed by atoms with van der Waals surface area (Å²) in [7, 11) is 0. The molecule has 1 saturated heterocycles. The summed E-state index contributed by atoms with van der Waals surface area (Å²) in [5.74, 6) is 0. The summed E-state index contributed by atoms with van der Waals surface area (Å²) in [6.07, 6.45) is -2.16. The van der Waals surface area contributed by atoms with Crippen LogP contribution in [0, 0.1) is 0 Å². The van der Waals surface area contributed by atoms with E-state index in [2.05, 4.69) is 0 Å². The number of carbonyl (C=O) groups is 2. The van der Waals surface area contributed by atoms with Crippen molar-refractivity contribution in [1.82, 2.24) is 0 Å². The minimum atomic E-state index is -2.83. The average Bonchev–Trinajstić information content (AvgIpc) is 2.58. The maximum absolute atomic E-state index is 11.1. The van der Waals surface area contributed by atoms with E-state index in [-0.39, 0.29) is 6.42 Å².